The van der Waals surface area contributed by atoms with E-state index in [1.54, 1.807) is 24.6 Å². The van der Waals surface area contributed by atoms with Crippen molar-refractivity contribution in [1.82, 2.24) is 9.55 Å². The summed E-state index contributed by atoms with van der Waals surface area (Å²) in [5.41, 5.74) is 1.09. The summed E-state index contributed by atoms with van der Waals surface area (Å²) in [5, 5.41) is 2.65. The van der Waals surface area contributed by atoms with Gasteiger partial charge >= 0.3 is 5.97 Å². The average molecular weight is 331 g/mol. The first-order valence-corrected chi connectivity index (χ1v) is 7.17. The lowest BCUT2D eigenvalue weighted by Crippen LogP contribution is -2.09. The number of carbonyl (C=O) groups excluding carboxylic acids is 1. The fraction of sp³-hybridized carbons (Fsp3) is 0.176. The fourth-order valence-corrected chi connectivity index (χ4v) is 2.47. The highest BCUT2D eigenvalue weighted by atomic mass is 19.1. The van der Waals surface area contributed by atoms with E-state index in [0.29, 0.717) is 5.52 Å². The van der Waals surface area contributed by atoms with E-state index in [0.717, 1.165) is 5.56 Å². The summed E-state index contributed by atoms with van der Waals surface area (Å²) >= 11 is 0. The highest BCUT2D eigenvalue weighted by Crippen LogP contribution is 2.32. The number of aromatic nitrogens is 2. The molecule has 1 aromatic heterocycles. The summed E-state index contributed by atoms with van der Waals surface area (Å²) in [6.45, 7) is 1.74. The number of hydrogen-bond acceptors (Lipinski definition) is 4. The molecule has 0 atom stereocenters. The normalized spacial score (nSPS) is 10.9. The first-order chi connectivity index (χ1) is 11.4. The van der Waals surface area contributed by atoms with Crippen LogP contribution < -0.4 is 5.32 Å². The molecule has 0 unspecified atom stereocenters. The Morgan fingerprint density at radius 1 is 1.29 bits per heavy atom. The number of carbonyl (C=O) groups is 1. The Morgan fingerprint density at radius 2 is 2.04 bits per heavy atom. The van der Waals surface area contributed by atoms with Crippen LogP contribution in [-0.4, -0.2) is 22.6 Å². The third kappa shape index (κ3) is 2.58. The molecule has 3 rings (SSSR count). The van der Waals surface area contributed by atoms with Crippen molar-refractivity contribution in [3.63, 3.8) is 0 Å². The average Bonchev–Trinajstić information content (AvgIpc) is 2.92. The molecular formula is C17H15F2N3O2. The molecule has 0 aliphatic carbocycles. The summed E-state index contributed by atoms with van der Waals surface area (Å²) in [6.07, 6.45) is 1.44. The van der Waals surface area contributed by atoms with E-state index in [2.05, 4.69) is 10.3 Å². The molecule has 24 heavy (non-hydrogen) atoms. The molecule has 0 fully saturated rings. The van der Waals surface area contributed by atoms with Crippen molar-refractivity contribution in [2.75, 3.05) is 12.4 Å². The predicted molar refractivity (Wildman–Crippen MR) is 86.4 cm³/mol. The Bertz CT molecular complexity index is 951. The predicted octanol–water partition coefficient (Wildman–Crippen LogP) is 3.69. The number of nitrogens with one attached hydrogen (secondary N) is 1. The van der Waals surface area contributed by atoms with Crippen LogP contribution in [0.4, 0.5) is 20.2 Å². The minimum absolute atomic E-state index is 0.0360. The molecule has 0 spiro atoms. The Morgan fingerprint density at radius 3 is 2.71 bits per heavy atom. The monoisotopic (exact) mass is 331 g/mol. The van der Waals surface area contributed by atoms with E-state index >= 15 is 0 Å². The van der Waals surface area contributed by atoms with Crippen molar-refractivity contribution < 1.29 is 18.3 Å². The van der Waals surface area contributed by atoms with Crippen molar-refractivity contribution >= 4 is 28.4 Å². The third-order valence-electron chi connectivity index (χ3n) is 3.75. The number of esters is 1. The molecule has 0 saturated carbocycles. The molecule has 0 aliphatic heterocycles. The highest BCUT2D eigenvalue weighted by molar-refractivity contribution is 6.01. The maximum atomic E-state index is 14.9. The number of halogens is 2. The molecule has 0 amide bonds. The Labute approximate surface area is 136 Å². The lowest BCUT2D eigenvalue weighted by Gasteiger charge is -2.14. The summed E-state index contributed by atoms with van der Waals surface area (Å²) in [7, 11) is 2.88. The van der Waals surface area contributed by atoms with Gasteiger partial charge in [0.2, 0.25) is 0 Å². The van der Waals surface area contributed by atoms with Gasteiger partial charge in [-0.3, -0.25) is 0 Å². The lowest BCUT2D eigenvalue weighted by atomic mass is 10.1. The SMILES string of the molecule is COC(=O)c1cc2c(ncn2C)c(F)c1Nc1ccc(C)cc1F. The van der Waals surface area contributed by atoms with Gasteiger partial charge in [-0.15, -0.1) is 0 Å². The van der Waals surface area contributed by atoms with Crippen LogP contribution in [0.25, 0.3) is 11.0 Å². The van der Waals surface area contributed by atoms with Crippen molar-refractivity contribution in [2.24, 2.45) is 7.05 Å². The first kappa shape index (κ1) is 15.9. The second kappa shape index (κ2) is 5.92. The van der Waals surface area contributed by atoms with E-state index in [4.69, 9.17) is 4.74 Å². The molecule has 1 heterocycles. The van der Waals surface area contributed by atoms with Gasteiger partial charge in [0.15, 0.2) is 5.82 Å². The van der Waals surface area contributed by atoms with Crippen LogP contribution in [-0.2, 0) is 11.8 Å². The minimum atomic E-state index is -0.742. The highest BCUT2D eigenvalue weighted by Gasteiger charge is 2.22. The Hall–Kier alpha value is -2.96. The zero-order valence-corrected chi connectivity index (χ0v) is 13.4. The second-order valence-corrected chi connectivity index (χ2v) is 5.44. The van der Waals surface area contributed by atoms with Crippen LogP contribution in [0.15, 0.2) is 30.6 Å². The fourth-order valence-electron chi connectivity index (χ4n) is 2.47. The maximum Gasteiger partial charge on any atom is 0.340 e. The number of nitrogens with zero attached hydrogens (tertiary/aromatic N) is 2. The molecule has 2 aromatic carbocycles. The Kier molecular flexibility index (Phi) is 3.92. The van der Waals surface area contributed by atoms with Gasteiger partial charge in [0.25, 0.3) is 0 Å². The number of fused-ring (bicyclic) bond motifs is 1. The van der Waals surface area contributed by atoms with Crippen LogP contribution >= 0.6 is 0 Å². The molecule has 124 valence electrons. The molecule has 7 heteroatoms. The van der Waals surface area contributed by atoms with Crippen molar-refractivity contribution in [1.29, 1.82) is 0 Å². The maximum absolute atomic E-state index is 14.9. The molecule has 1 N–H and O–H groups in total. The van der Waals surface area contributed by atoms with Gasteiger partial charge in [-0.2, -0.15) is 0 Å². The van der Waals surface area contributed by atoms with Gasteiger partial charge in [0.1, 0.15) is 11.3 Å². The van der Waals surface area contributed by atoms with Gasteiger partial charge in [-0.1, -0.05) is 6.07 Å². The summed E-state index contributed by atoms with van der Waals surface area (Å²) in [4.78, 5) is 16.0. The zero-order chi connectivity index (χ0) is 17.4. The quantitative estimate of drug-likeness (QED) is 0.744. The Balaban J connectivity index is 2.21. The van der Waals surface area contributed by atoms with E-state index in [1.165, 1.54) is 31.6 Å². The van der Waals surface area contributed by atoms with Crippen molar-refractivity contribution in [3.8, 4) is 0 Å². The number of anilines is 2. The third-order valence-corrected chi connectivity index (χ3v) is 3.75. The number of hydrogen-bond donors (Lipinski definition) is 1. The van der Waals surface area contributed by atoms with E-state index in [1.807, 2.05) is 0 Å². The molecule has 0 saturated heterocycles. The van der Waals surface area contributed by atoms with Crippen molar-refractivity contribution in [2.45, 2.75) is 6.92 Å². The molecule has 0 bridgehead atoms. The number of rotatable bonds is 3. The number of ether oxygens (including phenoxy) is 1. The second-order valence-electron chi connectivity index (χ2n) is 5.44. The molecule has 0 aliphatic rings. The molecule has 3 aromatic rings. The van der Waals surface area contributed by atoms with E-state index < -0.39 is 17.6 Å². The lowest BCUT2D eigenvalue weighted by molar-refractivity contribution is 0.0601. The first-order valence-electron chi connectivity index (χ1n) is 7.17. The largest absolute Gasteiger partial charge is 0.465 e. The van der Waals surface area contributed by atoms with Crippen LogP contribution in [0, 0.1) is 18.6 Å². The summed E-state index contributed by atoms with van der Waals surface area (Å²) in [5.74, 6) is -2.02. The number of imidazole rings is 1. The number of methoxy groups -OCH3 is 1. The van der Waals surface area contributed by atoms with Crippen molar-refractivity contribution in [3.05, 3.63) is 53.4 Å². The summed E-state index contributed by atoms with van der Waals surface area (Å²) < 4.78 is 35.2. The summed E-state index contributed by atoms with van der Waals surface area (Å²) in [6, 6.07) is 5.94. The number of aryl methyl sites for hydroxylation is 2. The molecular weight excluding hydrogens is 316 g/mol. The topological polar surface area (TPSA) is 56.1 Å². The molecule has 5 nitrogen and oxygen atoms in total. The van der Waals surface area contributed by atoms with Crippen LogP contribution in [0.5, 0.6) is 0 Å². The molecule has 0 radical (unpaired) electrons. The van der Waals surface area contributed by atoms with Gasteiger partial charge in [-0.05, 0) is 30.7 Å². The van der Waals surface area contributed by atoms with Gasteiger partial charge in [0.05, 0.1) is 35.9 Å². The smallest absolute Gasteiger partial charge is 0.340 e. The minimum Gasteiger partial charge on any atom is -0.465 e. The van der Waals surface area contributed by atoms with Gasteiger partial charge in [-0.25, -0.2) is 18.6 Å². The number of benzene rings is 2. The standard InChI is InChI=1S/C17H15F2N3O2/c1-9-4-5-12(11(18)6-9)21-15-10(17(23)24-3)7-13-16(14(15)19)20-8-22(13)2/h4-8,21H,1-3H3. The zero-order valence-electron chi connectivity index (χ0n) is 13.4. The van der Waals surface area contributed by atoms with E-state index in [-0.39, 0.29) is 22.5 Å². The van der Waals surface area contributed by atoms with Gasteiger partial charge in [0, 0.05) is 7.05 Å². The van der Waals surface area contributed by atoms with Crippen LogP contribution in [0.1, 0.15) is 15.9 Å². The van der Waals surface area contributed by atoms with Crippen LogP contribution in [0.2, 0.25) is 0 Å². The van der Waals surface area contributed by atoms with E-state index in [9.17, 15) is 13.6 Å². The van der Waals surface area contributed by atoms with Crippen LogP contribution in [0.3, 0.4) is 0 Å². The van der Waals surface area contributed by atoms with Gasteiger partial charge < -0.3 is 14.6 Å².